The number of likely N-dealkylation sites (tertiary alicyclic amines) is 1. The van der Waals surface area contributed by atoms with E-state index in [2.05, 4.69) is 29.2 Å². The van der Waals surface area contributed by atoms with Gasteiger partial charge in [-0.25, -0.2) is 9.69 Å². The second-order valence-electron chi connectivity index (χ2n) is 7.81. The Bertz CT molecular complexity index is 902. The summed E-state index contributed by atoms with van der Waals surface area (Å²) in [4.78, 5) is 39.8. The fourth-order valence-electron chi connectivity index (χ4n) is 4.34. The predicted octanol–water partition coefficient (Wildman–Crippen LogP) is 2.97. The number of carboxylic acids is 1. The number of hydrogen-bond donors (Lipinski definition) is 1. The molecule has 0 bridgehead atoms. The molecule has 0 unspecified atom stereocenters. The van der Waals surface area contributed by atoms with Crippen LogP contribution in [0.25, 0.3) is 0 Å². The molecule has 1 atom stereocenters. The average Bonchev–Trinajstić information content (AvgIpc) is 3.03. The van der Waals surface area contributed by atoms with Gasteiger partial charge in [-0.15, -0.1) is 0 Å². The van der Waals surface area contributed by atoms with Crippen molar-refractivity contribution in [2.24, 2.45) is 5.92 Å². The zero-order valence-corrected chi connectivity index (χ0v) is 16.2. The van der Waals surface area contributed by atoms with E-state index >= 15 is 0 Å². The van der Waals surface area contributed by atoms with E-state index in [9.17, 15) is 14.4 Å². The maximum absolute atomic E-state index is 13.0. The Kier molecular flexibility index (Phi) is 5.45. The van der Waals surface area contributed by atoms with Gasteiger partial charge >= 0.3 is 5.97 Å². The molecule has 2 aliphatic rings. The molecule has 0 radical (unpaired) electrons. The number of carbonyl (C=O) groups is 3. The Hall–Kier alpha value is -2.99. The molecule has 2 aromatic carbocycles. The molecule has 6 heteroatoms. The normalized spacial score (nSPS) is 21.0. The topological polar surface area (TPSA) is 77.9 Å². The number of aromatic carboxylic acids is 1. The van der Waals surface area contributed by atoms with Gasteiger partial charge in [-0.2, -0.15) is 0 Å². The SMILES string of the molecule is O=C(O)c1ccc(N2C(=O)C[C@H](N3CCC(Cc4ccccc4)CC3)C2=O)cc1. The van der Waals surface area contributed by atoms with Crippen LogP contribution >= 0.6 is 0 Å². The molecule has 2 heterocycles. The van der Waals surface area contributed by atoms with Crippen molar-refractivity contribution in [1.82, 2.24) is 4.90 Å². The van der Waals surface area contributed by atoms with Gasteiger partial charge in [0, 0.05) is 0 Å². The van der Waals surface area contributed by atoms with Gasteiger partial charge in [0.05, 0.1) is 23.7 Å². The van der Waals surface area contributed by atoms with Crippen molar-refractivity contribution in [3.05, 3.63) is 65.7 Å². The van der Waals surface area contributed by atoms with Crippen molar-refractivity contribution in [3.63, 3.8) is 0 Å². The molecule has 2 fully saturated rings. The maximum atomic E-state index is 13.0. The fraction of sp³-hybridized carbons (Fsp3) is 0.348. The van der Waals surface area contributed by atoms with E-state index in [1.807, 2.05) is 6.07 Å². The van der Waals surface area contributed by atoms with Crippen LogP contribution in [0.3, 0.4) is 0 Å². The molecule has 29 heavy (non-hydrogen) atoms. The van der Waals surface area contributed by atoms with E-state index in [1.165, 1.54) is 34.7 Å². The highest BCUT2D eigenvalue weighted by molar-refractivity contribution is 6.22. The molecule has 6 nitrogen and oxygen atoms in total. The Morgan fingerprint density at radius 3 is 2.24 bits per heavy atom. The number of imide groups is 1. The highest BCUT2D eigenvalue weighted by atomic mass is 16.4. The zero-order valence-electron chi connectivity index (χ0n) is 16.2. The van der Waals surface area contributed by atoms with Gasteiger partial charge in [0.1, 0.15) is 0 Å². The van der Waals surface area contributed by atoms with Crippen LogP contribution in [0.4, 0.5) is 5.69 Å². The first-order valence-corrected chi connectivity index (χ1v) is 10.0. The summed E-state index contributed by atoms with van der Waals surface area (Å²) in [6.07, 6.45) is 3.26. The Labute approximate surface area is 169 Å². The van der Waals surface area contributed by atoms with E-state index in [0.717, 1.165) is 32.4 Å². The second kappa shape index (κ2) is 8.17. The zero-order chi connectivity index (χ0) is 20.4. The lowest BCUT2D eigenvalue weighted by molar-refractivity contribution is -0.123. The first-order chi connectivity index (χ1) is 14.0. The molecule has 4 rings (SSSR count). The molecule has 1 N–H and O–H groups in total. The number of nitrogens with zero attached hydrogens (tertiary/aromatic N) is 2. The third kappa shape index (κ3) is 4.07. The lowest BCUT2D eigenvalue weighted by atomic mass is 9.89. The lowest BCUT2D eigenvalue weighted by Crippen LogP contribution is -2.46. The quantitative estimate of drug-likeness (QED) is 0.792. The van der Waals surface area contributed by atoms with E-state index < -0.39 is 12.0 Å². The smallest absolute Gasteiger partial charge is 0.335 e. The number of anilines is 1. The van der Waals surface area contributed by atoms with Gasteiger partial charge in [-0.3, -0.25) is 14.5 Å². The van der Waals surface area contributed by atoms with Gasteiger partial charge in [-0.05, 0) is 68.1 Å². The van der Waals surface area contributed by atoms with Crippen LogP contribution < -0.4 is 4.90 Å². The number of carbonyl (C=O) groups excluding carboxylic acids is 2. The van der Waals surface area contributed by atoms with Crippen LogP contribution in [0.1, 0.15) is 35.2 Å². The Balaban J connectivity index is 1.38. The lowest BCUT2D eigenvalue weighted by Gasteiger charge is -2.34. The van der Waals surface area contributed by atoms with Crippen molar-refractivity contribution < 1.29 is 19.5 Å². The minimum atomic E-state index is -1.04. The van der Waals surface area contributed by atoms with Crippen LogP contribution in [0.5, 0.6) is 0 Å². The Morgan fingerprint density at radius 1 is 0.966 bits per heavy atom. The second-order valence-corrected chi connectivity index (χ2v) is 7.81. The van der Waals surface area contributed by atoms with Crippen LogP contribution in [0.15, 0.2) is 54.6 Å². The van der Waals surface area contributed by atoms with Gasteiger partial charge in [0.25, 0.3) is 5.91 Å². The summed E-state index contributed by atoms with van der Waals surface area (Å²) in [6, 6.07) is 15.9. The van der Waals surface area contributed by atoms with E-state index in [4.69, 9.17) is 5.11 Å². The number of amides is 2. The van der Waals surface area contributed by atoms with Crippen LogP contribution in [0, 0.1) is 5.92 Å². The summed E-state index contributed by atoms with van der Waals surface area (Å²) >= 11 is 0. The van der Waals surface area contributed by atoms with Crippen LogP contribution in [-0.4, -0.2) is 46.9 Å². The third-order valence-corrected chi connectivity index (χ3v) is 5.95. The molecule has 0 saturated carbocycles. The van der Waals surface area contributed by atoms with Gasteiger partial charge < -0.3 is 5.11 Å². The first-order valence-electron chi connectivity index (χ1n) is 10.0. The van der Waals surface area contributed by atoms with E-state index in [0.29, 0.717) is 11.6 Å². The summed E-state index contributed by atoms with van der Waals surface area (Å²) in [7, 11) is 0. The Morgan fingerprint density at radius 2 is 1.62 bits per heavy atom. The monoisotopic (exact) mass is 392 g/mol. The molecule has 0 aliphatic carbocycles. The van der Waals surface area contributed by atoms with Crippen molar-refractivity contribution in [2.45, 2.75) is 31.7 Å². The molecule has 0 aromatic heterocycles. The van der Waals surface area contributed by atoms with Gasteiger partial charge in [-0.1, -0.05) is 30.3 Å². The molecule has 2 saturated heterocycles. The largest absolute Gasteiger partial charge is 0.478 e. The van der Waals surface area contributed by atoms with Gasteiger partial charge in [0.15, 0.2) is 0 Å². The first kappa shape index (κ1) is 19.3. The summed E-state index contributed by atoms with van der Waals surface area (Å²) in [5.74, 6) is -0.874. The predicted molar refractivity (Wildman–Crippen MR) is 109 cm³/mol. The highest BCUT2D eigenvalue weighted by Crippen LogP contribution is 2.29. The summed E-state index contributed by atoms with van der Waals surface area (Å²) in [6.45, 7) is 1.62. The van der Waals surface area contributed by atoms with Crippen LogP contribution in [-0.2, 0) is 16.0 Å². The highest BCUT2D eigenvalue weighted by Gasteiger charge is 2.43. The summed E-state index contributed by atoms with van der Waals surface area (Å²) in [5, 5.41) is 9.02. The molecule has 2 aromatic rings. The molecule has 0 spiro atoms. The molecular formula is C23H24N2O4. The van der Waals surface area contributed by atoms with Crippen molar-refractivity contribution in [1.29, 1.82) is 0 Å². The summed E-state index contributed by atoms with van der Waals surface area (Å²) in [5.41, 5.74) is 1.91. The molecule has 150 valence electrons. The number of hydrogen-bond acceptors (Lipinski definition) is 4. The standard InChI is InChI=1S/C23H24N2O4/c26-21-15-20(22(27)25(21)19-8-6-18(7-9-19)23(28)29)24-12-10-17(11-13-24)14-16-4-2-1-3-5-16/h1-9,17,20H,10-15H2,(H,28,29)/t20-/m0/s1. The number of piperidine rings is 1. The number of rotatable bonds is 5. The van der Waals surface area contributed by atoms with Crippen molar-refractivity contribution in [2.75, 3.05) is 18.0 Å². The van der Waals surface area contributed by atoms with Crippen molar-refractivity contribution in [3.8, 4) is 0 Å². The minimum Gasteiger partial charge on any atom is -0.478 e. The number of carboxylic acid groups (broad SMARTS) is 1. The molecule has 2 amide bonds. The molecular weight excluding hydrogens is 368 g/mol. The average molecular weight is 392 g/mol. The number of benzene rings is 2. The van der Waals surface area contributed by atoms with Gasteiger partial charge in [0.2, 0.25) is 5.91 Å². The summed E-state index contributed by atoms with van der Waals surface area (Å²) < 4.78 is 0. The third-order valence-electron chi connectivity index (χ3n) is 5.95. The van der Waals surface area contributed by atoms with Crippen LogP contribution in [0.2, 0.25) is 0 Å². The van der Waals surface area contributed by atoms with E-state index in [-0.39, 0.29) is 23.8 Å². The fourth-order valence-corrected chi connectivity index (χ4v) is 4.34. The maximum Gasteiger partial charge on any atom is 0.335 e. The minimum absolute atomic E-state index is 0.130. The van der Waals surface area contributed by atoms with E-state index in [1.54, 1.807) is 0 Å². The van der Waals surface area contributed by atoms with Crippen molar-refractivity contribution >= 4 is 23.5 Å². The molecule has 2 aliphatic heterocycles.